The molecule has 0 saturated carbocycles. The van der Waals surface area contributed by atoms with Gasteiger partial charge < -0.3 is 9.13 Å². The summed E-state index contributed by atoms with van der Waals surface area (Å²) in [6, 6.07) is 52.4. The second kappa shape index (κ2) is 11.0. The zero-order chi connectivity index (χ0) is 30.3. The molecule has 8 rings (SSSR count). The number of para-hydroxylation sites is 1. The van der Waals surface area contributed by atoms with Crippen LogP contribution in [0.2, 0.25) is 0 Å². The minimum atomic E-state index is 1.14. The fraction of sp³-hybridized carbons (Fsp3) is 0.0233. The largest absolute Gasteiger partial charge is 0.311 e. The van der Waals surface area contributed by atoms with Gasteiger partial charge >= 0.3 is 0 Å². The van der Waals surface area contributed by atoms with Gasteiger partial charge in [-0.05, 0) is 59.5 Å². The molecule has 6 aromatic carbocycles. The van der Waals surface area contributed by atoms with E-state index in [9.17, 15) is 0 Å². The number of aromatic nitrogens is 2. The average Bonchev–Trinajstić information content (AvgIpc) is 3.59. The lowest BCUT2D eigenvalue weighted by Crippen LogP contribution is -2.00. The second-order valence-corrected chi connectivity index (χ2v) is 11.5. The predicted octanol–water partition coefficient (Wildman–Crippen LogP) is 11.6. The van der Waals surface area contributed by atoms with Crippen LogP contribution in [0, 0.1) is 6.92 Å². The summed E-state index contributed by atoms with van der Waals surface area (Å²) < 4.78 is 4.90. The van der Waals surface area contributed by atoms with Crippen LogP contribution in [0.1, 0.15) is 11.3 Å². The molecule has 0 aliphatic carbocycles. The van der Waals surface area contributed by atoms with Crippen LogP contribution in [-0.2, 0) is 0 Å². The fourth-order valence-electron chi connectivity index (χ4n) is 6.84. The molecule has 0 saturated heterocycles. The lowest BCUT2D eigenvalue weighted by molar-refractivity contribution is 1.05. The van der Waals surface area contributed by atoms with Gasteiger partial charge in [-0.1, -0.05) is 140 Å². The Labute approximate surface area is 263 Å². The molecule has 0 N–H and O–H groups in total. The minimum Gasteiger partial charge on any atom is -0.311 e. The molecule has 214 valence electrons. The Morgan fingerprint density at radius 1 is 0.489 bits per heavy atom. The molecule has 2 heterocycles. The summed E-state index contributed by atoms with van der Waals surface area (Å²) in [5.41, 5.74) is 13.1. The standard InChI is InChI=1S/C43H32N2/c1-3-4-23-37-30(2)44(35-21-13-19-33(28-35)31-15-7-5-8-16-31)42-39(37)26-27-40-38-24-11-12-25-41(38)45(43(40)42)36-22-14-20-34(29-36)32-17-9-6-10-18-32/h3-29H,1H2,2H3/b23-4-. The summed E-state index contributed by atoms with van der Waals surface area (Å²) in [5.74, 6) is 0. The van der Waals surface area contributed by atoms with E-state index < -0.39 is 0 Å². The summed E-state index contributed by atoms with van der Waals surface area (Å²) in [6.45, 7) is 6.19. The van der Waals surface area contributed by atoms with Gasteiger partial charge in [0.05, 0.1) is 16.6 Å². The van der Waals surface area contributed by atoms with Gasteiger partial charge in [0, 0.05) is 38.8 Å². The number of nitrogens with zero attached hydrogens (tertiary/aromatic N) is 2. The van der Waals surface area contributed by atoms with E-state index in [2.05, 4.69) is 174 Å². The highest BCUT2D eigenvalue weighted by molar-refractivity contribution is 6.19. The smallest absolute Gasteiger partial charge is 0.0788 e. The molecule has 0 amide bonds. The van der Waals surface area contributed by atoms with E-state index in [1.54, 1.807) is 0 Å². The number of allylic oxidation sites excluding steroid dienone is 2. The van der Waals surface area contributed by atoms with E-state index in [1.807, 2.05) is 12.2 Å². The van der Waals surface area contributed by atoms with E-state index in [1.165, 1.54) is 66.2 Å². The zero-order valence-electron chi connectivity index (χ0n) is 25.2. The normalized spacial score (nSPS) is 11.7. The van der Waals surface area contributed by atoms with Crippen LogP contribution < -0.4 is 0 Å². The van der Waals surface area contributed by atoms with Crippen LogP contribution in [0.15, 0.2) is 164 Å². The van der Waals surface area contributed by atoms with Gasteiger partial charge in [0.15, 0.2) is 0 Å². The number of benzene rings is 6. The molecule has 45 heavy (non-hydrogen) atoms. The summed E-state index contributed by atoms with van der Waals surface area (Å²) >= 11 is 0. The first-order valence-corrected chi connectivity index (χ1v) is 15.4. The highest BCUT2D eigenvalue weighted by atomic mass is 15.0. The number of hydrogen-bond acceptors (Lipinski definition) is 0. The third-order valence-corrected chi connectivity index (χ3v) is 8.87. The molecule has 2 nitrogen and oxygen atoms in total. The van der Waals surface area contributed by atoms with Crippen molar-refractivity contribution in [3.8, 4) is 33.6 Å². The highest BCUT2D eigenvalue weighted by Crippen LogP contribution is 2.41. The van der Waals surface area contributed by atoms with Crippen LogP contribution >= 0.6 is 0 Å². The molecule has 0 atom stereocenters. The minimum absolute atomic E-state index is 1.14. The summed E-state index contributed by atoms with van der Waals surface area (Å²) in [7, 11) is 0. The van der Waals surface area contributed by atoms with Crippen LogP contribution in [0.3, 0.4) is 0 Å². The van der Waals surface area contributed by atoms with Crippen molar-refractivity contribution in [2.75, 3.05) is 0 Å². The van der Waals surface area contributed by atoms with Crippen LogP contribution in [0.25, 0.3) is 72.4 Å². The Bertz CT molecular complexity index is 2380. The molecule has 0 radical (unpaired) electrons. The zero-order valence-corrected chi connectivity index (χ0v) is 25.2. The van der Waals surface area contributed by atoms with Crippen LogP contribution in [0.4, 0.5) is 0 Å². The lowest BCUT2D eigenvalue weighted by Gasteiger charge is -2.15. The van der Waals surface area contributed by atoms with Gasteiger partial charge in [0.2, 0.25) is 0 Å². The maximum atomic E-state index is 3.96. The molecular formula is C43H32N2. The van der Waals surface area contributed by atoms with Gasteiger partial charge in [-0.25, -0.2) is 0 Å². The maximum Gasteiger partial charge on any atom is 0.0788 e. The predicted molar refractivity (Wildman–Crippen MR) is 192 cm³/mol. The van der Waals surface area contributed by atoms with E-state index in [0.29, 0.717) is 0 Å². The maximum absolute atomic E-state index is 3.96. The van der Waals surface area contributed by atoms with E-state index in [-0.39, 0.29) is 0 Å². The van der Waals surface area contributed by atoms with Crippen molar-refractivity contribution in [2.45, 2.75) is 6.92 Å². The Morgan fingerprint density at radius 2 is 1.02 bits per heavy atom. The van der Waals surface area contributed by atoms with E-state index in [0.717, 1.165) is 11.4 Å². The topological polar surface area (TPSA) is 9.86 Å². The molecule has 8 aromatic rings. The number of fused-ring (bicyclic) bond motifs is 5. The van der Waals surface area contributed by atoms with Crippen molar-refractivity contribution in [3.05, 3.63) is 176 Å². The monoisotopic (exact) mass is 576 g/mol. The van der Waals surface area contributed by atoms with Gasteiger partial charge in [-0.3, -0.25) is 0 Å². The van der Waals surface area contributed by atoms with Crippen molar-refractivity contribution in [2.24, 2.45) is 0 Å². The number of hydrogen-bond donors (Lipinski definition) is 0. The first kappa shape index (κ1) is 26.7. The van der Waals surface area contributed by atoms with Crippen molar-refractivity contribution >= 4 is 38.8 Å². The Kier molecular flexibility index (Phi) is 6.54. The highest BCUT2D eigenvalue weighted by Gasteiger charge is 2.22. The van der Waals surface area contributed by atoms with Gasteiger partial charge in [-0.15, -0.1) is 0 Å². The summed E-state index contributed by atoms with van der Waals surface area (Å²) in [4.78, 5) is 0. The molecular weight excluding hydrogens is 544 g/mol. The quantitative estimate of drug-likeness (QED) is 0.174. The molecule has 2 heteroatoms. The molecule has 0 bridgehead atoms. The van der Waals surface area contributed by atoms with Crippen LogP contribution in [0.5, 0.6) is 0 Å². The molecule has 0 fully saturated rings. The van der Waals surface area contributed by atoms with Crippen molar-refractivity contribution in [1.29, 1.82) is 0 Å². The molecule has 2 aromatic heterocycles. The van der Waals surface area contributed by atoms with Gasteiger partial charge in [0.1, 0.15) is 0 Å². The van der Waals surface area contributed by atoms with Crippen molar-refractivity contribution < 1.29 is 0 Å². The summed E-state index contributed by atoms with van der Waals surface area (Å²) in [5, 5.41) is 3.69. The third kappa shape index (κ3) is 4.42. The van der Waals surface area contributed by atoms with E-state index >= 15 is 0 Å². The third-order valence-electron chi connectivity index (χ3n) is 8.87. The van der Waals surface area contributed by atoms with Crippen molar-refractivity contribution in [3.63, 3.8) is 0 Å². The fourth-order valence-corrected chi connectivity index (χ4v) is 6.84. The summed E-state index contributed by atoms with van der Waals surface area (Å²) in [6.07, 6.45) is 6.08. The average molecular weight is 577 g/mol. The molecule has 0 aliphatic heterocycles. The SMILES string of the molecule is C=C/C=C\c1c(C)n(-c2cccc(-c3ccccc3)c2)c2c1ccc1c3ccccc3n(-c3cccc(-c4ccccc4)c3)c12. The first-order valence-electron chi connectivity index (χ1n) is 15.4. The molecule has 0 spiro atoms. The van der Waals surface area contributed by atoms with Crippen molar-refractivity contribution in [1.82, 2.24) is 9.13 Å². The molecule has 0 unspecified atom stereocenters. The van der Waals surface area contributed by atoms with Crippen LogP contribution in [-0.4, -0.2) is 9.13 Å². The Morgan fingerprint density at radius 3 is 1.67 bits per heavy atom. The second-order valence-electron chi connectivity index (χ2n) is 11.5. The van der Waals surface area contributed by atoms with Gasteiger partial charge in [-0.2, -0.15) is 0 Å². The first-order chi connectivity index (χ1) is 22.2. The molecule has 0 aliphatic rings. The van der Waals surface area contributed by atoms with Gasteiger partial charge in [0.25, 0.3) is 0 Å². The lowest BCUT2D eigenvalue weighted by atomic mass is 10.0. The van der Waals surface area contributed by atoms with E-state index in [4.69, 9.17) is 0 Å². The Balaban J connectivity index is 1.50. The Hall–Kier alpha value is -5.86. The number of rotatable bonds is 6.